The number of nitriles is 1. The maximum absolute atomic E-state index is 13.3. The monoisotopic (exact) mass is 282 g/mol. The van der Waals surface area contributed by atoms with E-state index in [0.29, 0.717) is 11.1 Å². The number of hydrogen-bond acceptors (Lipinski definition) is 6. The first-order valence-electron chi connectivity index (χ1n) is 5.86. The van der Waals surface area contributed by atoms with Gasteiger partial charge in [0.25, 0.3) is 5.89 Å². The Bertz CT molecular complexity index is 854. The fourth-order valence-corrected chi connectivity index (χ4v) is 1.73. The van der Waals surface area contributed by atoms with Crippen LogP contribution in [-0.4, -0.2) is 20.2 Å². The Labute approximate surface area is 118 Å². The van der Waals surface area contributed by atoms with Crippen LogP contribution in [0, 0.1) is 17.1 Å². The number of aromatic hydroxyl groups is 1. The first-order chi connectivity index (χ1) is 10.2. The Morgan fingerprint density at radius 2 is 2.05 bits per heavy atom. The highest BCUT2D eigenvalue weighted by atomic mass is 19.1. The summed E-state index contributed by atoms with van der Waals surface area (Å²) in [6.07, 6.45) is 1.46. The number of benzene rings is 1. The molecule has 2 aromatic heterocycles. The molecule has 0 saturated carbocycles. The molecule has 0 spiro atoms. The second-order valence-electron chi connectivity index (χ2n) is 4.13. The van der Waals surface area contributed by atoms with Crippen LogP contribution in [0.4, 0.5) is 4.39 Å². The average Bonchev–Trinajstić information content (AvgIpc) is 3.00. The normalized spacial score (nSPS) is 10.3. The molecule has 6 nitrogen and oxygen atoms in total. The van der Waals surface area contributed by atoms with E-state index in [1.54, 1.807) is 6.07 Å². The molecule has 2 heterocycles. The molecule has 0 bridgehead atoms. The van der Waals surface area contributed by atoms with E-state index in [-0.39, 0.29) is 17.4 Å². The number of nitrogens with zero attached hydrogens (tertiary/aromatic N) is 4. The number of halogens is 1. The van der Waals surface area contributed by atoms with Gasteiger partial charge in [-0.3, -0.25) is 0 Å². The molecule has 21 heavy (non-hydrogen) atoms. The third kappa shape index (κ3) is 2.42. The van der Waals surface area contributed by atoms with Gasteiger partial charge in [-0.1, -0.05) is 5.16 Å². The van der Waals surface area contributed by atoms with Gasteiger partial charge in [0, 0.05) is 17.3 Å². The van der Waals surface area contributed by atoms with Gasteiger partial charge in [-0.25, -0.2) is 9.37 Å². The number of pyridine rings is 1. The van der Waals surface area contributed by atoms with Crippen LogP contribution in [0.5, 0.6) is 5.75 Å². The maximum atomic E-state index is 13.3. The molecular formula is C14H7FN4O2. The van der Waals surface area contributed by atoms with Crippen LogP contribution >= 0.6 is 0 Å². The van der Waals surface area contributed by atoms with E-state index in [1.165, 1.54) is 24.4 Å². The molecule has 3 rings (SSSR count). The summed E-state index contributed by atoms with van der Waals surface area (Å²) in [5.74, 6) is -0.846. The molecule has 102 valence electrons. The van der Waals surface area contributed by atoms with E-state index in [2.05, 4.69) is 15.1 Å². The standard InChI is InChI=1S/C14H7FN4O2/c15-11-6-8(1-2-12(11)20)13-18-14(21-19-13)9-3-4-17-10(5-9)7-16/h1-6,20H. The minimum Gasteiger partial charge on any atom is -0.505 e. The minimum atomic E-state index is -0.769. The van der Waals surface area contributed by atoms with Crippen molar-refractivity contribution in [3.8, 4) is 34.7 Å². The summed E-state index contributed by atoms with van der Waals surface area (Å²) >= 11 is 0. The molecule has 1 aromatic carbocycles. The summed E-state index contributed by atoms with van der Waals surface area (Å²) in [6.45, 7) is 0. The number of phenols is 1. The van der Waals surface area contributed by atoms with Crippen molar-refractivity contribution in [1.29, 1.82) is 5.26 Å². The van der Waals surface area contributed by atoms with E-state index < -0.39 is 11.6 Å². The van der Waals surface area contributed by atoms with Gasteiger partial charge in [-0.15, -0.1) is 0 Å². The van der Waals surface area contributed by atoms with Crippen molar-refractivity contribution >= 4 is 0 Å². The zero-order valence-corrected chi connectivity index (χ0v) is 10.5. The number of phenolic OH excluding ortho intramolecular Hbond substituents is 1. The number of aromatic nitrogens is 3. The van der Waals surface area contributed by atoms with Crippen LogP contribution in [-0.2, 0) is 0 Å². The van der Waals surface area contributed by atoms with E-state index in [1.807, 2.05) is 6.07 Å². The third-order valence-corrected chi connectivity index (χ3v) is 2.75. The molecule has 0 radical (unpaired) electrons. The molecule has 0 aliphatic rings. The third-order valence-electron chi connectivity index (χ3n) is 2.75. The van der Waals surface area contributed by atoms with Crippen molar-refractivity contribution in [2.75, 3.05) is 0 Å². The molecule has 0 atom stereocenters. The lowest BCUT2D eigenvalue weighted by Gasteiger charge is -1.97. The molecule has 1 N–H and O–H groups in total. The van der Waals surface area contributed by atoms with Gasteiger partial charge in [-0.2, -0.15) is 10.2 Å². The van der Waals surface area contributed by atoms with Crippen molar-refractivity contribution in [2.24, 2.45) is 0 Å². The van der Waals surface area contributed by atoms with Gasteiger partial charge in [0.05, 0.1) is 0 Å². The predicted molar refractivity (Wildman–Crippen MR) is 69.3 cm³/mol. The lowest BCUT2D eigenvalue weighted by atomic mass is 10.2. The minimum absolute atomic E-state index is 0.180. The zero-order chi connectivity index (χ0) is 14.8. The van der Waals surface area contributed by atoms with Gasteiger partial charge >= 0.3 is 0 Å². The van der Waals surface area contributed by atoms with E-state index in [4.69, 9.17) is 14.9 Å². The Balaban J connectivity index is 1.99. The van der Waals surface area contributed by atoms with Gasteiger partial charge < -0.3 is 9.63 Å². The van der Waals surface area contributed by atoms with Crippen molar-refractivity contribution in [3.05, 3.63) is 48.0 Å². The SMILES string of the molecule is N#Cc1cc(-c2nc(-c3ccc(O)c(F)c3)no2)ccn1. The first-order valence-corrected chi connectivity index (χ1v) is 5.86. The fourth-order valence-electron chi connectivity index (χ4n) is 1.73. The Kier molecular flexibility index (Phi) is 3.04. The largest absolute Gasteiger partial charge is 0.505 e. The number of hydrogen-bond donors (Lipinski definition) is 1. The van der Waals surface area contributed by atoms with Gasteiger partial charge in [0.15, 0.2) is 11.6 Å². The fraction of sp³-hybridized carbons (Fsp3) is 0. The Morgan fingerprint density at radius 3 is 2.81 bits per heavy atom. The van der Waals surface area contributed by atoms with Crippen LogP contribution in [0.1, 0.15) is 5.69 Å². The molecule has 0 aliphatic heterocycles. The van der Waals surface area contributed by atoms with Crippen LogP contribution in [0.15, 0.2) is 41.1 Å². The maximum Gasteiger partial charge on any atom is 0.258 e. The predicted octanol–water partition coefficient (Wildman–Crippen LogP) is 2.51. The highest BCUT2D eigenvalue weighted by molar-refractivity contribution is 5.61. The quantitative estimate of drug-likeness (QED) is 0.775. The first kappa shape index (κ1) is 12.7. The highest BCUT2D eigenvalue weighted by Gasteiger charge is 2.13. The van der Waals surface area contributed by atoms with Crippen LogP contribution in [0.25, 0.3) is 22.8 Å². The van der Waals surface area contributed by atoms with E-state index in [9.17, 15) is 4.39 Å². The van der Waals surface area contributed by atoms with Crippen molar-refractivity contribution < 1.29 is 14.0 Å². The zero-order valence-electron chi connectivity index (χ0n) is 10.5. The molecule has 0 aliphatic carbocycles. The molecule has 0 unspecified atom stereocenters. The summed E-state index contributed by atoms with van der Waals surface area (Å²) in [4.78, 5) is 7.97. The molecule has 7 heteroatoms. The molecule has 0 fully saturated rings. The summed E-state index contributed by atoms with van der Waals surface area (Å²) in [5, 5.41) is 21.7. The lowest BCUT2D eigenvalue weighted by molar-refractivity contribution is 0.430. The highest BCUT2D eigenvalue weighted by Crippen LogP contribution is 2.25. The van der Waals surface area contributed by atoms with E-state index >= 15 is 0 Å². The summed E-state index contributed by atoms with van der Waals surface area (Å²) in [5.41, 5.74) is 1.14. The van der Waals surface area contributed by atoms with Crippen LogP contribution < -0.4 is 0 Å². The molecular weight excluding hydrogens is 275 g/mol. The molecule has 3 aromatic rings. The summed E-state index contributed by atoms with van der Waals surface area (Å²) in [6, 6.07) is 8.83. The van der Waals surface area contributed by atoms with Crippen molar-refractivity contribution in [3.63, 3.8) is 0 Å². The number of rotatable bonds is 2. The van der Waals surface area contributed by atoms with Gasteiger partial charge in [0.2, 0.25) is 5.82 Å². The van der Waals surface area contributed by atoms with Crippen LogP contribution in [0.2, 0.25) is 0 Å². The van der Waals surface area contributed by atoms with E-state index in [0.717, 1.165) is 6.07 Å². The van der Waals surface area contributed by atoms with Crippen LogP contribution in [0.3, 0.4) is 0 Å². The Hall–Kier alpha value is -3.27. The summed E-state index contributed by atoms with van der Waals surface area (Å²) < 4.78 is 18.4. The summed E-state index contributed by atoms with van der Waals surface area (Å²) in [7, 11) is 0. The van der Waals surface area contributed by atoms with Gasteiger partial charge in [-0.05, 0) is 30.3 Å². The average molecular weight is 282 g/mol. The lowest BCUT2D eigenvalue weighted by Crippen LogP contribution is -1.85. The Morgan fingerprint density at radius 1 is 1.19 bits per heavy atom. The molecule has 0 saturated heterocycles. The second-order valence-corrected chi connectivity index (χ2v) is 4.13. The van der Waals surface area contributed by atoms with Gasteiger partial charge in [0.1, 0.15) is 11.8 Å². The smallest absolute Gasteiger partial charge is 0.258 e. The molecule has 0 amide bonds. The second kappa shape index (κ2) is 5.02. The van der Waals surface area contributed by atoms with Crippen molar-refractivity contribution in [1.82, 2.24) is 15.1 Å². The topological polar surface area (TPSA) is 95.8 Å². The van der Waals surface area contributed by atoms with Crippen molar-refractivity contribution in [2.45, 2.75) is 0 Å².